The minimum absolute atomic E-state index is 0.0616. The van der Waals surface area contributed by atoms with E-state index in [2.05, 4.69) is 50.4 Å². The normalized spacial score (nSPS) is 18.3. The SMILES string of the molecule is COc1ccc(COC[C@@]2(NC(=O)c3ccccc3)C(=O)O[C@H]([C@H](CO[Si](c3ccccc3)(c3ccccc3)C(C)(C)C)OCc3ccc(OC)cc3)[C@H]2OC(C)=O)cc1. The zero-order valence-electron chi connectivity index (χ0n) is 34.9. The first-order valence-corrected chi connectivity index (χ1v) is 21.8. The Hall–Kier alpha value is -5.79. The molecule has 1 heterocycles. The van der Waals surface area contributed by atoms with Gasteiger partial charge in [0.05, 0.1) is 40.6 Å². The van der Waals surface area contributed by atoms with E-state index < -0.39 is 61.7 Å². The highest BCUT2D eigenvalue weighted by Crippen LogP contribution is 2.39. The topological polar surface area (TPSA) is 128 Å². The Bertz CT molecular complexity index is 2120. The Kier molecular flexibility index (Phi) is 14.2. The van der Waals surface area contributed by atoms with Crippen molar-refractivity contribution in [3.05, 3.63) is 156 Å². The first-order valence-electron chi connectivity index (χ1n) is 19.9. The summed E-state index contributed by atoms with van der Waals surface area (Å²) < 4.78 is 43.3. The highest BCUT2D eigenvalue weighted by molar-refractivity contribution is 6.99. The fourth-order valence-electron chi connectivity index (χ4n) is 7.65. The minimum atomic E-state index is -3.17. The summed E-state index contributed by atoms with van der Waals surface area (Å²) in [6, 6.07) is 43.4. The number of amides is 1. The van der Waals surface area contributed by atoms with Crippen molar-refractivity contribution in [2.45, 2.75) is 69.8 Å². The van der Waals surface area contributed by atoms with Gasteiger partial charge in [-0.05, 0) is 62.9 Å². The van der Waals surface area contributed by atoms with Crippen LogP contribution in [-0.2, 0) is 46.2 Å². The summed E-state index contributed by atoms with van der Waals surface area (Å²) in [5, 5.41) is 4.57. The lowest BCUT2D eigenvalue weighted by Gasteiger charge is -2.44. The Morgan fingerprint density at radius 1 is 0.733 bits per heavy atom. The number of carbonyl (C=O) groups excluding carboxylic acids is 3. The van der Waals surface area contributed by atoms with Crippen LogP contribution in [0.1, 0.15) is 49.2 Å². The minimum Gasteiger partial charge on any atom is -0.497 e. The number of ether oxygens (including phenoxy) is 6. The molecule has 60 heavy (non-hydrogen) atoms. The molecular formula is C48H53NO10Si. The summed E-state index contributed by atoms with van der Waals surface area (Å²) in [7, 11) is -0.00121. The number of rotatable bonds is 18. The van der Waals surface area contributed by atoms with Gasteiger partial charge in [-0.2, -0.15) is 0 Å². The Morgan fingerprint density at radius 2 is 1.23 bits per heavy atom. The van der Waals surface area contributed by atoms with Gasteiger partial charge in [-0.1, -0.05) is 124 Å². The van der Waals surface area contributed by atoms with Crippen molar-refractivity contribution in [1.82, 2.24) is 5.32 Å². The van der Waals surface area contributed by atoms with Gasteiger partial charge in [0.1, 0.15) is 17.6 Å². The van der Waals surface area contributed by atoms with Gasteiger partial charge in [-0.25, -0.2) is 4.79 Å². The molecule has 1 aliphatic heterocycles. The summed E-state index contributed by atoms with van der Waals surface area (Å²) in [5.41, 5.74) is -0.112. The summed E-state index contributed by atoms with van der Waals surface area (Å²) in [4.78, 5) is 41.7. The molecule has 0 saturated carbocycles. The molecule has 1 amide bonds. The third-order valence-electron chi connectivity index (χ3n) is 10.7. The first-order chi connectivity index (χ1) is 28.9. The molecule has 0 unspecified atom stereocenters. The number of hydrogen-bond acceptors (Lipinski definition) is 10. The zero-order valence-corrected chi connectivity index (χ0v) is 35.9. The van der Waals surface area contributed by atoms with Crippen LogP contribution in [0.2, 0.25) is 5.04 Å². The van der Waals surface area contributed by atoms with Crippen LogP contribution >= 0.6 is 0 Å². The van der Waals surface area contributed by atoms with Crippen molar-refractivity contribution in [2.75, 3.05) is 27.4 Å². The monoisotopic (exact) mass is 831 g/mol. The standard InChI is InChI=1S/C48H53NO10Si/c1-34(50)58-44-43(59-46(52)48(44,49-45(51)37-16-10-7-11-17-37)33-55-30-35-22-26-38(53-5)27-23-35)42(56-31-36-24-28-39(54-6)29-25-36)32-57-60(47(2,3)4,40-18-12-8-13-19-40)41-20-14-9-15-21-41/h7-29,42-44H,30-33H2,1-6H3,(H,49,51)/t42-,43+,44+,48-/m0/s1. The number of esters is 2. The van der Waals surface area contributed by atoms with Crippen LogP contribution in [0.25, 0.3) is 0 Å². The number of hydrogen-bond donors (Lipinski definition) is 1. The van der Waals surface area contributed by atoms with E-state index in [1.54, 1.807) is 56.7 Å². The molecule has 0 aliphatic carbocycles. The largest absolute Gasteiger partial charge is 0.497 e. The van der Waals surface area contributed by atoms with Gasteiger partial charge >= 0.3 is 11.9 Å². The molecule has 0 aromatic heterocycles. The van der Waals surface area contributed by atoms with E-state index in [4.69, 9.17) is 32.8 Å². The molecule has 1 saturated heterocycles. The molecule has 0 spiro atoms. The molecule has 5 aromatic rings. The van der Waals surface area contributed by atoms with E-state index in [0.29, 0.717) is 11.5 Å². The van der Waals surface area contributed by atoms with E-state index in [-0.39, 0.29) is 25.4 Å². The predicted octanol–water partition coefficient (Wildman–Crippen LogP) is 6.41. The summed E-state index contributed by atoms with van der Waals surface area (Å²) >= 11 is 0. The lowest BCUT2D eigenvalue weighted by atomic mass is 9.89. The lowest BCUT2D eigenvalue weighted by Crippen LogP contribution is -2.68. The summed E-state index contributed by atoms with van der Waals surface area (Å²) in [6.07, 6.45) is -3.67. The van der Waals surface area contributed by atoms with Gasteiger partial charge in [0.15, 0.2) is 12.2 Å². The molecule has 5 aromatic carbocycles. The maximum Gasteiger partial charge on any atom is 0.338 e. The molecule has 4 atom stereocenters. The van der Waals surface area contributed by atoms with E-state index in [0.717, 1.165) is 21.5 Å². The molecule has 1 N–H and O–H groups in total. The smallest absolute Gasteiger partial charge is 0.338 e. The van der Waals surface area contributed by atoms with Gasteiger partial charge in [-0.15, -0.1) is 0 Å². The number of carbonyl (C=O) groups is 3. The number of methoxy groups -OCH3 is 2. The fourth-order valence-corrected chi connectivity index (χ4v) is 12.2. The van der Waals surface area contributed by atoms with E-state index in [1.165, 1.54) is 6.92 Å². The Labute approximate surface area is 353 Å². The van der Waals surface area contributed by atoms with Gasteiger partial charge in [0, 0.05) is 12.5 Å². The molecule has 0 radical (unpaired) electrons. The van der Waals surface area contributed by atoms with Crippen LogP contribution < -0.4 is 25.2 Å². The summed E-state index contributed by atoms with van der Waals surface area (Å²) in [6.45, 7) is 7.40. The Balaban J connectivity index is 1.42. The van der Waals surface area contributed by atoms with Gasteiger partial charge in [0.25, 0.3) is 14.2 Å². The van der Waals surface area contributed by atoms with Crippen LogP contribution in [0.5, 0.6) is 11.5 Å². The van der Waals surface area contributed by atoms with Gasteiger partial charge in [-0.3, -0.25) is 9.59 Å². The van der Waals surface area contributed by atoms with Crippen molar-refractivity contribution in [2.24, 2.45) is 0 Å². The number of nitrogens with one attached hydrogen (secondary N) is 1. The quantitative estimate of drug-likeness (QED) is 0.0783. The van der Waals surface area contributed by atoms with Crippen molar-refractivity contribution < 1.29 is 47.2 Å². The molecule has 1 fully saturated rings. The Morgan fingerprint density at radius 3 is 1.72 bits per heavy atom. The van der Waals surface area contributed by atoms with Crippen LogP contribution in [0.15, 0.2) is 140 Å². The maximum atomic E-state index is 14.6. The van der Waals surface area contributed by atoms with E-state index in [1.807, 2.05) is 72.8 Å². The molecule has 1 aliphatic rings. The second-order valence-electron chi connectivity index (χ2n) is 15.7. The second kappa shape index (κ2) is 19.5. The third-order valence-corrected chi connectivity index (χ3v) is 15.7. The average molecular weight is 832 g/mol. The van der Waals surface area contributed by atoms with Crippen molar-refractivity contribution >= 4 is 36.5 Å². The predicted molar refractivity (Wildman–Crippen MR) is 230 cm³/mol. The average Bonchev–Trinajstić information content (AvgIpc) is 3.51. The van der Waals surface area contributed by atoms with Crippen LogP contribution in [-0.4, -0.2) is 77.4 Å². The summed E-state index contributed by atoms with van der Waals surface area (Å²) in [5.74, 6) is -0.778. The second-order valence-corrected chi connectivity index (χ2v) is 20.0. The highest BCUT2D eigenvalue weighted by Gasteiger charge is 2.64. The van der Waals surface area contributed by atoms with E-state index in [9.17, 15) is 14.4 Å². The molecule has 12 heteroatoms. The fraction of sp³-hybridized carbons (Fsp3) is 0.312. The van der Waals surface area contributed by atoms with Crippen molar-refractivity contribution in [1.29, 1.82) is 0 Å². The van der Waals surface area contributed by atoms with Crippen molar-refractivity contribution in [3.8, 4) is 11.5 Å². The van der Waals surface area contributed by atoms with Crippen LogP contribution in [0.4, 0.5) is 0 Å². The maximum absolute atomic E-state index is 14.6. The number of cyclic esters (lactones) is 1. The zero-order chi connectivity index (χ0) is 42.8. The highest BCUT2D eigenvalue weighted by atomic mass is 28.4. The molecule has 6 rings (SSSR count). The molecule has 11 nitrogen and oxygen atoms in total. The first kappa shape index (κ1) is 43.8. The lowest BCUT2D eigenvalue weighted by molar-refractivity contribution is -0.163. The third kappa shape index (κ3) is 9.80. The van der Waals surface area contributed by atoms with Gasteiger partial charge < -0.3 is 38.2 Å². The molecule has 314 valence electrons. The molecule has 0 bridgehead atoms. The van der Waals surface area contributed by atoms with E-state index >= 15 is 0 Å². The van der Waals surface area contributed by atoms with Crippen molar-refractivity contribution in [3.63, 3.8) is 0 Å². The van der Waals surface area contributed by atoms with Gasteiger partial charge in [0.2, 0.25) is 5.54 Å². The molecular weight excluding hydrogens is 779 g/mol. The number of benzene rings is 5. The van der Waals surface area contributed by atoms with Crippen LogP contribution in [0.3, 0.4) is 0 Å². The van der Waals surface area contributed by atoms with Crippen LogP contribution in [0, 0.1) is 0 Å².